The van der Waals surface area contributed by atoms with Gasteiger partial charge in [-0.15, -0.1) is 10.2 Å². The highest BCUT2D eigenvalue weighted by Gasteiger charge is 2.12. The molecule has 1 aromatic heterocycles. The fourth-order valence-corrected chi connectivity index (χ4v) is 3.03. The molecule has 0 saturated heterocycles. The molecule has 0 aliphatic carbocycles. The molecule has 2 aromatic rings. The molecule has 0 bridgehead atoms. The first-order valence-electron chi connectivity index (χ1n) is 8.10. The Balaban J connectivity index is 1.78. The molecule has 0 saturated carbocycles. The van der Waals surface area contributed by atoms with Crippen molar-refractivity contribution >= 4 is 33.6 Å². The first kappa shape index (κ1) is 19.0. The van der Waals surface area contributed by atoms with Gasteiger partial charge in [0.05, 0.1) is 5.75 Å². The van der Waals surface area contributed by atoms with Crippen molar-refractivity contribution in [2.45, 2.75) is 50.8 Å². The number of nitrogens with zero attached hydrogens (tertiary/aromatic N) is 2. The number of hydrogen-bond acceptors (Lipinski definition) is 5. The van der Waals surface area contributed by atoms with Gasteiger partial charge < -0.3 is 9.73 Å². The standard InChI is InChI=1S/C17H22BrN3O2S/c1-3-4-5-6-12(2)19-15(22)11-24-17-21-20-16(23-17)13-7-9-14(18)10-8-13/h7-10,12H,3-6,11H2,1-2H3,(H,19,22). The predicted octanol–water partition coefficient (Wildman–Crippen LogP) is 4.68. The molecule has 1 amide bonds. The lowest BCUT2D eigenvalue weighted by Crippen LogP contribution is -2.33. The molecule has 1 atom stereocenters. The van der Waals surface area contributed by atoms with Crippen LogP contribution in [0.5, 0.6) is 0 Å². The molecule has 2 rings (SSSR count). The monoisotopic (exact) mass is 411 g/mol. The summed E-state index contributed by atoms with van der Waals surface area (Å²) in [5.41, 5.74) is 0.853. The van der Waals surface area contributed by atoms with Gasteiger partial charge in [0.1, 0.15) is 0 Å². The number of rotatable bonds is 9. The van der Waals surface area contributed by atoms with Gasteiger partial charge in [0.15, 0.2) is 0 Å². The Hall–Kier alpha value is -1.34. The zero-order valence-electron chi connectivity index (χ0n) is 13.9. The average Bonchev–Trinajstić information content (AvgIpc) is 3.03. The minimum absolute atomic E-state index is 0.00705. The lowest BCUT2D eigenvalue weighted by Gasteiger charge is -2.12. The lowest BCUT2D eigenvalue weighted by molar-refractivity contribution is -0.119. The molecule has 7 heteroatoms. The van der Waals surface area contributed by atoms with Crippen LogP contribution in [-0.4, -0.2) is 27.9 Å². The van der Waals surface area contributed by atoms with Gasteiger partial charge in [-0.2, -0.15) is 0 Å². The number of amides is 1. The summed E-state index contributed by atoms with van der Waals surface area (Å²) in [7, 11) is 0. The number of hydrogen-bond donors (Lipinski definition) is 1. The molecule has 0 fully saturated rings. The molecule has 24 heavy (non-hydrogen) atoms. The molecule has 1 unspecified atom stereocenters. The van der Waals surface area contributed by atoms with E-state index in [1.807, 2.05) is 31.2 Å². The van der Waals surface area contributed by atoms with Gasteiger partial charge in [-0.05, 0) is 37.6 Å². The molecule has 0 aliphatic heterocycles. The Bertz CT molecular complexity index is 646. The summed E-state index contributed by atoms with van der Waals surface area (Å²) >= 11 is 4.64. The van der Waals surface area contributed by atoms with E-state index < -0.39 is 0 Å². The second kappa shape index (κ2) is 9.84. The van der Waals surface area contributed by atoms with Crippen molar-refractivity contribution in [3.63, 3.8) is 0 Å². The van der Waals surface area contributed by atoms with Crippen LogP contribution in [0.4, 0.5) is 0 Å². The van der Waals surface area contributed by atoms with E-state index in [1.54, 1.807) is 0 Å². The largest absolute Gasteiger partial charge is 0.411 e. The van der Waals surface area contributed by atoms with Crippen molar-refractivity contribution in [3.8, 4) is 11.5 Å². The zero-order chi connectivity index (χ0) is 17.4. The van der Waals surface area contributed by atoms with Crippen LogP contribution in [0, 0.1) is 0 Å². The number of thioether (sulfide) groups is 1. The summed E-state index contributed by atoms with van der Waals surface area (Å²) in [6, 6.07) is 7.83. The van der Waals surface area contributed by atoms with Crippen LogP contribution in [0.1, 0.15) is 39.5 Å². The number of carbonyl (C=O) groups is 1. The van der Waals surface area contributed by atoms with Crippen LogP contribution in [0.2, 0.25) is 0 Å². The first-order valence-corrected chi connectivity index (χ1v) is 9.88. The van der Waals surface area contributed by atoms with E-state index in [-0.39, 0.29) is 17.7 Å². The van der Waals surface area contributed by atoms with Crippen LogP contribution >= 0.6 is 27.7 Å². The van der Waals surface area contributed by atoms with E-state index in [0.29, 0.717) is 11.1 Å². The third kappa shape index (κ3) is 6.28. The normalized spacial score (nSPS) is 12.1. The second-order valence-electron chi connectivity index (χ2n) is 5.63. The highest BCUT2D eigenvalue weighted by molar-refractivity contribution is 9.10. The third-order valence-electron chi connectivity index (χ3n) is 3.47. The number of halogens is 1. The van der Waals surface area contributed by atoms with Crippen molar-refractivity contribution < 1.29 is 9.21 Å². The van der Waals surface area contributed by atoms with Crippen molar-refractivity contribution in [2.75, 3.05) is 5.75 Å². The van der Waals surface area contributed by atoms with Gasteiger partial charge >= 0.3 is 0 Å². The van der Waals surface area contributed by atoms with E-state index in [9.17, 15) is 4.79 Å². The van der Waals surface area contributed by atoms with E-state index in [4.69, 9.17) is 4.42 Å². The Morgan fingerprint density at radius 3 is 2.75 bits per heavy atom. The van der Waals surface area contributed by atoms with Gasteiger partial charge in [-0.3, -0.25) is 4.79 Å². The quantitative estimate of drug-likeness (QED) is 0.479. The number of nitrogens with one attached hydrogen (secondary N) is 1. The van der Waals surface area contributed by atoms with E-state index in [1.165, 1.54) is 24.6 Å². The Kier molecular flexibility index (Phi) is 7.78. The summed E-state index contributed by atoms with van der Waals surface area (Å²) in [5, 5.41) is 11.4. The molecular formula is C17H22BrN3O2S. The maximum Gasteiger partial charge on any atom is 0.277 e. The molecule has 5 nitrogen and oxygen atoms in total. The predicted molar refractivity (Wildman–Crippen MR) is 99.9 cm³/mol. The number of carbonyl (C=O) groups excluding carboxylic acids is 1. The molecule has 1 N–H and O–H groups in total. The third-order valence-corrected chi connectivity index (χ3v) is 4.82. The van der Waals surface area contributed by atoms with Crippen LogP contribution in [0.15, 0.2) is 38.4 Å². The lowest BCUT2D eigenvalue weighted by atomic mass is 10.1. The highest BCUT2D eigenvalue weighted by atomic mass is 79.9. The van der Waals surface area contributed by atoms with Gasteiger partial charge in [0.25, 0.3) is 5.22 Å². The van der Waals surface area contributed by atoms with Crippen LogP contribution in [-0.2, 0) is 4.79 Å². The summed E-state index contributed by atoms with van der Waals surface area (Å²) in [6.07, 6.45) is 4.55. The minimum Gasteiger partial charge on any atom is -0.411 e. The molecule has 130 valence electrons. The van der Waals surface area contributed by atoms with E-state index in [2.05, 4.69) is 38.4 Å². The molecular weight excluding hydrogens is 390 g/mol. The van der Waals surface area contributed by atoms with E-state index >= 15 is 0 Å². The number of aromatic nitrogens is 2. The molecule has 0 aliphatic rings. The van der Waals surface area contributed by atoms with Gasteiger partial charge in [0.2, 0.25) is 11.8 Å². The Morgan fingerprint density at radius 2 is 2.04 bits per heavy atom. The topological polar surface area (TPSA) is 68.0 Å². The van der Waals surface area contributed by atoms with Crippen LogP contribution in [0.3, 0.4) is 0 Å². The van der Waals surface area contributed by atoms with Gasteiger partial charge in [-0.25, -0.2) is 0 Å². The summed E-state index contributed by atoms with van der Waals surface area (Å²) in [5.74, 6) is 0.728. The van der Waals surface area contributed by atoms with Crippen molar-refractivity contribution in [1.29, 1.82) is 0 Å². The Labute approximate surface area is 155 Å². The smallest absolute Gasteiger partial charge is 0.277 e. The molecule has 0 radical (unpaired) electrons. The molecule has 0 spiro atoms. The molecule has 1 aromatic carbocycles. The summed E-state index contributed by atoms with van der Waals surface area (Å²) in [6.45, 7) is 4.21. The average molecular weight is 412 g/mol. The van der Waals surface area contributed by atoms with Crippen molar-refractivity contribution in [3.05, 3.63) is 28.7 Å². The number of unbranched alkanes of at least 4 members (excludes halogenated alkanes) is 2. The zero-order valence-corrected chi connectivity index (χ0v) is 16.3. The van der Waals surface area contributed by atoms with Crippen LogP contribution in [0.25, 0.3) is 11.5 Å². The van der Waals surface area contributed by atoms with E-state index in [0.717, 1.165) is 22.9 Å². The minimum atomic E-state index is -0.00705. The summed E-state index contributed by atoms with van der Waals surface area (Å²) < 4.78 is 6.58. The fraction of sp³-hybridized carbons (Fsp3) is 0.471. The fourth-order valence-electron chi connectivity index (χ4n) is 2.19. The highest BCUT2D eigenvalue weighted by Crippen LogP contribution is 2.24. The maximum absolute atomic E-state index is 11.9. The van der Waals surface area contributed by atoms with Crippen molar-refractivity contribution in [1.82, 2.24) is 15.5 Å². The van der Waals surface area contributed by atoms with Gasteiger partial charge in [-0.1, -0.05) is 53.9 Å². The van der Waals surface area contributed by atoms with Crippen LogP contribution < -0.4 is 5.32 Å². The summed E-state index contributed by atoms with van der Waals surface area (Å²) in [4.78, 5) is 11.9. The molecule has 1 heterocycles. The van der Waals surface area contributed by atoms with Gasteiger partial charge in [0, 0.05) is 16.1 Å². The maximum atomic E-state index is 11.9. The SMILES string of the molecule is CCCCCC(C)NC(=O)CSc1nnc(-c2ccc(Br)cc2)o1. The van der Waals surface area contributed by atoms with Crippen molar-refractivity contribution in [2.24, 2.45) is 0 Å². The Morgan fingerprint density at radius 1 is 1.29 bits per heavy atom. The first-order chi connectivity index (χ1) is 11.6. The second-order valence-corrected chi connectivity index (χ2v) is 7.48. The number of benzene rings is 1.